The number of nitrogens with one attached hydrogen (secondary N) is 1. The molecule has 4 atom stereocenters. The number of halogens is 1. The van der Waals surface area contributed by atoms with E-state index < -0.39 is 0 Å². The van der Waals surface area contributed by atoms with E-state index in [2.05, 4.69) is 47.8 Å². The van der Waals surface area contributed by atoms with Crippen LogP contribution in [0, 0.1) is 5.82 Å². The number of hydrogen-bond acceptors (Lipinski definition) is 3. The van der Waals surface area contributed by atoms with E-state index >= 15 is 0 Å². The van der Waals surface area contributed by atoms with Gasteiger partial charge in [0.25, 0.3) is 0 Å². The van der Waals surface area contributed by atoms with E-state index in [1.807, 2.05) is 36.4 Å². The number of benzene rings is 4. The Kier molecular flexibility index (Phi) is 6.24. The summed E-state index contributed by atoms with van der Waals surface area (Å²) in [6.45, 7) is 1.04. The number of piperidine rings is 1. The Labute approximate surface area is 205 Å². The molecular weight excluding hydrogens is 437 g/mol. The number of rotatable bonds is 7. The molecule has 0 radical (unpaired) electrons. The molecule has 2 aliphatic heterocycles. The van der Waals surface area contributed by atoms with Crippen LogP contribution in [-0.4, -0.2) is 18.2 Å². The third kappa shape index (κ3) is 4.82. The summed E-state index contributed by atoms with van der Waals surface area (Å²) >= 11 is 0. The molecule has 178 valence electrons. The maximum Gasteiger partial charge on any atom is 0.127 e. The van der Waals surface area contributed by atoms with Gasteiger partial charge in [-0.15, -0.1) is 0 Å². The highest BCUT2D eigenvalue weighted by atomic mass is 19.1. The molecule has 6 rings (SSSR count). The molecule has 0 spiro atoms. The highest BCUT2D eigenvalue weighted by molar-refractivity contribution is 5.89. The average Bonchev–Trinajstić information content (AvgIpc) is 3.29. The van der Waals surface area contributed by atoms with Gasteiger partial charge in [0, 0.05) is 23.4 Å². The first-order chi connectivity index (χ1) is 17.2. The molecule has 0 saturated carbocycles. The molecule has 2 aliphatic rings. The van der Waals surface area contributed by atoms with E-state index in [4.69, 9.17) is 9.47 Å². The minimum Gasteiger partial charge on any atom is -0.488 e. The number of ether oxygens (including phenoxy) is 2. The Balaban J connectivity index is 1.24. The topological polar surface area (TPSA) is 30.5 Å². The predicted molar refractivity (Wildman–Crippen MR) is 137 cm³/mol. The Morgan fingerprint density at radius 2 is 1.60 bits per heavy atom. The van der Waals surface area contributed by atoms with Crippen molar-refractivity contribution in [2.45, 2.75) is 56.6 Å². The summed E-state index contributed by atoms with van der Waals surface area (Å²) in [6, 6.07) is 30.7. The second-order valence-corrected chi connectivity index (χ2v) is 9.81. The highest BCUT2D eigenvalue weighted by Gasteiger charge is 2.42. The largest absolute Gasteiger partial charge is 0.488 e. The van der Waals surface area contributed by atoms with Crippen LogP contribution in [0.25, 0.3) is 10.8 Å². The summed E-state index contributed by atoms with van der Waals surface area (Å²) in [5, 5.41) is 6.00. The first-order valence-electron chi connectivity index (χ1n) is 12.5. The van der Waals surface area contributed by atoms with Crippen LogP contribution in [0.3, 0.4) is 0 Å². The van der Waals surface area contributed by atoms with Crippen molar-refractivity contribution >= 4 is 10.8 Å². The van der Waals surface area contributed by atoms with Crippen molar-refractivity contribution in [1.82, 2.24) is 5.32 Å². The fourth-order valence-electron chi connectivity index (χ4n) is 5.75. The lowest BCUT2D eigenvalue weighted by Gasteiger charge is -2.38. The standard InChI is InChI=1S/C31H30FNO2/c32-25-12-10-23(11-13-25)28-18-26-14-15-29(33-26)31(28)35-20-22-16-24-8-4-5-9-27(24)30(17-22)34-19-21-6-2-1-3-7-21/h1-13,16-17,26,28-29,31,33H,14-15,18-20H2. The summed E-state index contributed by atoms with van der Waals surface area (Å²) < 4.78 is 26.5. The summed E-state index contributed by atoms with van der Waals surface area (Å²) in [6.07, 6.45) is 3.38. The molecule has 3 nitrogen and oxygen atoms in total. The Morgan fingerprint density at radius 1 is 0.800 bits per heavy atom. The van der Waals surface area contributed by atoms with Crippen LogP contribution < -0.4 is 10.1 Å². The van der Waals surface area contributed by atoms with Gasteiger partial charge in [0.1, 0.15) is 18.2 Å². The van der Waals surface area contributed by atoms with E-state index in [1.165, 1.54) is 12.0 Å². The molecule has 2 fully saturated rings. The van der Waals surface area contributed by atoms with Crippen LogP contribution >= 0.6 is 0 Å². The average molecular weight is 468 g/mol. The number of fused-ring (bicyclic) bond motifs is 3. The molecule has 0 aliphatic carbocycles. The van der Waals surface area contributed by atoms with E-state index in [0.29, 0.717) is 25.3 Å². The van der Waals surface area contributed by atoms with E-state index in [9.17, 15) is 4.39 Å². The second kappa shape index (κ2) is 9.80. The fourth-order valence-corrected chi connectivity index (χ4v) is 5.75. The van der Waals surface area contributed by atoms with Crippen molar-refractivity contribution in [2.24, 2.45) is 0 Å². The number of hydrogen-bond donors (Lipinski definition) is 1. The molecule has 4 unspecified atom stereocenters. The zero-order chi connectivity index (χ0) is 23.6. The van der Waals surface area contributed by atoms with Crippen LogP contribution in [0.2, 0.25) is 0 Å². The molecule has 35 heavy (non-hydrogen) atoms. The zero-order valence-electron chi connectivity index (χ0n) is 19.7. The molecule has 2 saturated heterocycles. The molecule has 4 heteroatoms. The van der Waals surface area contributed by atoms with Crippen molar-refractivity contribution in [3.05, 3.63) is 114 Å². The van der Waals surface area contributed by atoms with E-state index in [1.54, 1.807) is 12.1 Å². The SMILES string of the molecule is Fc1ccc(C2CC3CCC(N3)C2OCc2cc(OCc3ccccc3)c3ccccc3c2)cc1. The predicted octanol–water partition coefficient (Wildman–Crippen LogP) is 6.75. The first-order valence-corrected chi connectivity index (χ1v) is 12.5. The molecule has 1 N–H and O–H groups in total. The highest BCUT2D eigenvalue weighted by Crippen LogP contribution is 2.40. The van der Waals surface area contributed by atoms with Crippen molar-refractivity contribution in [1.29, 1.82) is 0 Å². The minimum atomic E-state index is -0.192. The first kappa shape index (κ1) is 22.3. The minimum absolute atomic E-state index is 0.0550. The molecule has 2 bridgehead atoms. The molecule has 4 aromatic carbocycles. The van der Waals surface area contributed by atoms with Gasteiger partial charge in [-0.1, -0.05) is 66.7 Å². The second-order valence-electron chi connectivity index (χ2n) is 9.81. The van der Waals surface area contributed by atoms with Gasteiger partial charge in [-0.3, -0.25) is 0 Å². The third-order valence-electron chi connectivity index (χ3n) is 7.47. The van der Waals surface area contributed by atoms with Gasteiger partial charge in [0.2, 0.25) is 0 Å². The smallest absolute Gasteiger partial charge is 0.127 e. The van der Waals surface area contributed by atoms with Crippen LogP contribution in [-0.2, 0) is 18.0 Å². The maximum atomic E-state index is 13.6. The van der Waals surface area contributed by atoms with Crippen molar-refractivity contribution in [3.63, 3.8) is 0 Å². The van der Waals surface area contributed by atoms with Gasteiger partial charge in [-0.2, -0.15) is 0 Å². The van der Waals surface area contributed by atoms with E-state index in [-0.39, 0.29) is 17.8 Å². The quantitative estimate of drug-likeness (QED) is 0.326. The monoisotopic (exact) mass is 467 g/mol. The summed E-state index contributed by atoms with van der Waals surface area (Å²) in [4.78, 5) is 0. The Morgan fingerprint density at radius 3 is 2.46 bits per heavy atom. The van der Waals surface area contributed by atoms with Gasteiger partial charge >= 0.3 is 0 Å². The Hall–Kier alpha value is -3.21. The molecule has 2 heterocycles. The molecule has 4 aromatic rings. The lowest BCUT2D eigenvalue weighted by Crippen LogP contribution is -2.49. The lowest BCUT2D eigenvalue weighted by molar-refractivity contribution is -0.0133. The molecule has 0 amide bonds. The van der Waals surface area contributed by atoms with Crippen LogP contribution in [0.15, 0.2) is 91.0 Å². The maximum absolute atomic E-state index is 13.6. The van der Waals surface area contributed by atoms with Gasteiger partial charge in [0.05, 0.1) is 12.7 Å². The third-order valence-corrected chi connectivity index (χ3v) is 7.47. The van der Waals surface area contributed by atoms with Crippen molar-refractivity contribution in [2.75, 3.05) is 0 Å². The summed E-state index contributed by atoms with van der Waals surface area (Å²) in [7, 11) is 0. The lowest BCUT2D eigenvalue weighted by atomic mass is 9.83. The molecule has 0 aromatic heterocycles. The van der Waals surface area contributed by atoms with Crippen molar-refractivity contribution in [3.8, 4) is 5.75 Å². The summed E-state index contributed by atoms with van der Waals surface area (Å²) in [5.41, 5.74) is 3.41. The summed E-state index contributed by atoms with van der Waals surface area (Å²) in [5.74, 6) is 0.953. The fraction of sp³-hybridized carbons (Fsp3) is 0.290. The van der Waals surface area contributed by atoms with E-state index in [0.717, 1.165) is 40.5 Å². The van der Waals surface area contributed by atoms with Crippen molar-refractivity contribution < 1.29 is 13.9 Å². The van der Waals surface area contributed by atoms with Gasteiger partial charge < -0.3 is 14.8 Å². The Bertz CT molecular complexity index is 1290. The van der Waals surface area contributed by atoms with Crippen LogP contribution in [0.1, 0.15) is 41.9 Å². The van der Waals surface area contributed by atoms with Crippen LogP contribution in [0.4, 0.5) is 4.39 Å². The van der Waals surface area contributed by atoms with Gasteiger partial charge in [-0.25, -0.2) is 4.39 Å². The molecular formula is C31H30FNO2. The normalized spacial score (nSPS) is 23.5. The van der Waals surface area contributed by atoms with Gasteiger partial charge in [0.15, 0.2) is 0 Å². The zero-order valence-corrected chi connectivity index (χ0v) is 19.7. The van der Waals surface area contributed by atoms with Crippen LogP contribution in [0.5, 0.6) is 5.75 Å². The van der Waals surface area contributed by atoms with Gasteiger partial charge in [-0.05, 0) is 65.6 Å².